The van der Waals surface area contributed by atoms with E-state index in [0.29, 0.717) is 12.2 Å². The predicted octanol–water partition coefficient (Wildman–Crippen LogP) is 1.20. The van der Waals surface area contributed by atoms with Crippen molar-refractivity contribution in [3.63, 3.8) is 0 Å². The van der Waals surface area contributed by atoms with E-state index in [4.69, 9.17) is 9.47 Å². The first-order chi connectivity index (χ1) is 5.43. The molecule has 2 aliphatic heterocycles. The van der Waals surface area contributed by atoms with E-state index in [1.165, 1.54) is 19.3 Å². The Morgan fingerprint density at radius 2 is 1.27 bits per heavy atom. The first kappa shape index (κ1) is 6.44. The van der Waals surface area contributed by atoms with Gasteiger partial charge in [0.15, 0.2) is 0 Å². The van der Waals surface area contributed by atoms with E-state index >= 15 is 0 Å². The largest absolute Gasteiger partial charge is 0.373 e. The molecule has 1 aliphatic carbocycles. The maximum atomic E-state index is 5.30. The van der Waals surface area contributed by atoms with Gasteiger partial charge < -0.3 is 9.47 Å². The lowest BCUT2D eigenvalue weighted by Crippen LogP contribution is -2.06. The number of rotatable bonds is 2. The lowest BCUT2D eigenvalue weighted by Gasteiger charge is -2.04. The van der Waals surface area contributed by atoms with Crippen molar-refractivity contribution in [2.45, 2.75) is 31.5 Å². The third kappa shape index (κ3) is 1.18. The third-order valence-corrected chi connectivity index (χ3v) is 3.28. The Hall–Kier alpha value is -0.0800. The minimum absolute atomic E-state index is 0.638. The second-order valence-corrected chi connectivity index (χ2v) is 4.08. The molecule has 3 fully saturated rings. The molecule has 3 aliphatic rings. The summed E-state index contributed by atoms with van der Waals surface area (Å²) in [7, 11) is 0. The van der Waals surface area contributed by atoms with E-state index in [0.717, 1.165) is 25.0 Å². The van der Waals surface area contributed by atoms with Crippen LogP contribution in [0.1, 0.15) is 19.3 Å². The van der Waals surface area contributed by atoms with Crippen LogP contribution in [0.3, 0.4) is 0 Å². The molecule has 62 valence electrons. The Kier molecular flexibility index (Phi) is 1.29. The fourth-order valence-corrected chi connectivity index (χ4v) is 2.38. The monoisotopic (exact) mass is 154 g/mol. The molecule has 0 radical (unpaired) electrons. The summed E-state index contributed by atoms with van der Waals surface area (Å²) >= 11 is 0. The van der Waals surface area contributed by atoms with Crippen molar-refractivity contribution in [3.05, 3.63) is 0 Å². The first-order valence-electron chi connectivity index (χ1n) is 4.66. The molecule has 0 spiro atoms. The Labute approximate surface area is 66.9 Å². The molecule has 0 N–H and O–H groups in total. The van der Waals surface area contributed by atoms with E-state index in [1.54, 1.807) is 0 Å². The van der Waals surface area contributed by atoms with Crippen molar-refractivity contribution in [2.75, 3.05) is 13.2 Å². The summed E-state index contributed by atoms with van der Waals surface area (Å²) in [5.41, 5.74) is 0. The molecule has 2 heterocycles. The summed E-state index contributed by atoms with van der Waals surface area (Å²) in [5.74, 6) is 1.76. The van der Waals surface area contributed by atoms with Crippen molar-refractivity contribution in [1.29, 1.82) is 0 Å². The van der Waals surface area contributed by atoms with Crippen LogP contribution in [0.2, 0.25) is 0 Å². The van der Waals surface area contributed by atoms with E-state index in [9.17, 15) is 0 Å². The van der Waals surface area contributed by atoms with Gasteiger partial charge in [0, 0.05) is 0 Å². The standard InChI is InChI=1S/C9H14O2/c1-2-7(9-5-11-9)3-6(1)8-4-10-8/h6-9H,1-5H2. The van der Waals surface area contributed by atoms with Gasteiger partial charge in [0.05, 0.1) is 25.4 Å². The zero-order valence-electron chi connectivity index (χ0n) is 6.66. The van der Waals surface area contributed by atoms with Gasteiger partial charge in [-0.3, -0.25) is 0 Å². The minimum Gasteiger partial charge on any atom is -0.373 e. The summed E-state index contributed by atoms with van der Waals surface area (Å²) in [6.45, 7) is 2.06. The van der Waals surface area contributed by atoms with Crippen LogP contribution in [0.5, 0.6) is 0 Å². The Morgan fingerprint density at radius 3 is 1.64 bits per heavy atom. The minimum atomic E-state index is 0.638. The lowest BCUT2D eigenvalue weighted by molar-refractivity contribution is 0.300. The van der Waals surface area contributed by atoms with Crippen molar-refractivity contribution < 1.29 is 9.47 Å². The second kappa shape index (κ2) is 2.20. The quantitative estimate of drug-likeness (QED) is 0.558. The Bertz CT molecular complexity index is 143. The van der Waals surface area contributed by atoms with Crippen LogP contribution in [-0.2, 0) is 9.47 Å². The molecule has 2 nitrogen and oxygen atoms in total. The van der Waals surface area contributed by atoms with Gasteiger partial charge >= 0.3 is 0 Å². The average molecular weight is 154 g/mol. The van der Waals surface area contributed by atoms with Crippen LogP contribution < -0.4 is 0 Å². The highest BCUT2D eigenvalue weighted by atomic mass is 16.6. The molecule has 0 aromatic heterocycles. The van der Waals surface area contributed by atoms with Crippen LogP contribution in [0.15, 0.2) is 0 Å². The zero-order chi connectivity index (χ0) is 7.26. The van der Waals surface area contributed by atoms with Crippen LogP contribution >= 0.6 is 0 Å². The third-order valence-electron chi connectivity index (χ3n) is 3.28. The Morgan fingerprint density at radius 1 is 0.818 bits per heavy atom. The molecular weight excluding hydrogens is 140 g/mol. The van der Waals surface area contributed by atoms with Crippen molar-refractivity contribution in [1.82, 2.24) is 0 Å². The van der Waals surface area contributed by atoms with Gasteiger partial charge in [0.2, 0.25) is 0 Å². The summed E-state index contributed by atoms with van der Waals surface area (Å²) in [5, 5.41) is 0. The highest BCUT2D eigenvalue weighted by molar-refractivity contribution is 4.91. The maximum Gasteiger partial charge on any atom is 0.0838 e. The van der Waals surface area contributed by atoms with Gasteiger partial charge in [-0.05, 0) is 31.1 Å². The van der Waals surface area contributed by atoms with E-state index in [-0.39, 0.29) is 0 Å². The summed E-state index contributed by atoms with van der Waals surface area (Å²) in [4.78, 5) is 0. The molecule has 4 unspecified atom stereocenters. The van der Waals surface area contributed by atoms with Crippen molar-refractivity contribution in [3.8, 4) is 0 Å². The average Bonchev–Trinajstić information content (AvgIpc) is 2.90. The molecule has 0 bridgehead atoms. The lowest BCUT2D eigenvalue weighted by atomic mass is 10.0. The van der Waals surface area contributed by atoms with Crippen LogP contribution in [0, 0.1) is 11.8 Å². The van der Waals surface area contributed by atoms with Gasteiger partial charge in [-0.2, -0.15) is 0 Å². The number of ether oxygens (including phenoxy) is 2. The molecule has 2 saturated heterocycles. The van der Waals surface area contributed by atoms with Crippen molar-refractivity contribution >= 4 is 0 Å². The van der Waals surface area contributed by atoms with Gasteiger partial charge in [0.1, 0.15) is 0 Å². The zero-order valence-corrected chi connectivity index (χ0v) is 6.66. The number of epoxide rings is 2. The highest BCUT2D eigenvalue weighted by Crippen LogP contribution is 2.42. The highest BCUT2D eigenvalue weighted by Gasteiger charge is 2.43. The second-order valence-electron chi connectivity index (χ2n) is 4.08. The fourth-order valence-electron chi connectivity index (χ4n) is 2.38. The SMILES string of the molecule is C1CC(C2CO2)CC1C1CO1. The molecule has 4 atom stereocenters. The van der Waals surface area contributed by atoms with E-state index in [1.807, 2.05) is 0 Å². The van der Waals surface area contributed by atoms with Crippen LogP contribution in [0.25, 0.3) is 0 Å². The molecule has 0 amide bonds. The first-order valence-corrected chi connectivity index (χ1v) is 4.66. The predicted molar refractivity (Wildman–Crippen MR) is 40.3 cm³/mol. The summed E-state index contributed by atoms with van der Waals surface area (Å²) < 4.78 is 10.6. The Balaban J connectivity index is 1.58. The van der Waals surface area contributed by atoms with Gasteiger partial charge in [-0.1, -0.05) is 0 Å². The molecule has 2 heteroatoms. The maximum absolute atomic E-state index is 5.30. The molecule has 0 aromatic carbocycles. The van der Waals surface area contributed by atoms with Gasteiger partial charge in [-0.15, -0.1) is 0 Å². The smallest absolute Gasteiger partial charge is 0.0838 e. The van der Waals surface area contributed by atoms with Crippen molar-refractivity contribution in [2.24, 2.45) is 11.8 Å². The van der Waals surface area contributed by atoms with Crippen LogP contribution in [-0.4, -0.2) is 25.4 Å². The topological polar surface area (TPSA) is 25.1 Å². The normalized spacial score (nSPS) is 54.5. The molecule has 11 heavy (non-hydrogen) atoms. The fraction of sp³-hybridized carbons (Fsp3) is 1.00. The van der Waals surface area contributed by atoms with Gasteiger partial charge in [0.25, 0.3) is 0 Å². The molecule has 0 aromatic rings. The van der Waals surface area contributed by atoms with Gasteiger partial charge in [-0.25, -0.2) is 0 Å². The number of hydrogen-bond acceptors (Lipinski definition) is 2. The van der Waals surface area contributed by atoms with Crippen LogP contribution in [0.4, 0.5) is 0 Å². The summed E-state index contributed by atoms with van der Waals surface area (Å²) in [6, 6.07) is 0. The number of hydrogen-bond donors (Lipinski definition) is 0. The van der Waals surface area contributed by atoms with E-state index in [2.05, 4.69) is 0 Å². The molecule has 3 rings (SSSR count). The summed E-state index contributed by atoms with van der Waals surface area (Å²) in [6.07, 6.45) is 5.41. The molecular formula is C9H14O2. The molecule has 1 saturated carbocycles. The van der Waals surface area contributed by atoms with E-state index < -0.39 is 0 Å².